The first kappa shape index (κ1) is 14.5. The molecule has 1 aromatic heterocycles. The Balaban J connectivity index is 1.39. The number of hydrogen-bond acceptors (Lipinski definition) is 5. The fourth-order valence-electron chi connectivity index (χ4n) is 3.92. The second-order valence-electron chi connectivity index (χ2n) is 6.61. The van der Waals surface area contributed by atoms with E-state index in [9.17, 15) is 4.79 Å². The lowest BCUT2D eigenvalue weighted by Crippen LogP contribution is -2.32. The van der Waals surface area contributed by atoms with E-state index in [4.69, 9.17) is 4.74 Å². The second kappa shape index (κ2) is 6.18. The predicted molar refractivity (Wildman–Crippen MR) is 85.7 cm³/mol. The topological polar surface area (TPSA) is 58.6 Å². The number of nitrogens with zero attached hydrogens (tertiary/aromatic N) is 4. The summed E-state index contributed by atoms with van der Waals surface area (Å²) in [6.45, 7) is 4.35. The van der Waals surface area contributed by atoms with Crippen LogP contribution in [0.15, 0.2) is 30.3 Å². The Labute approximate surface area is 136 Å². The number of likely N-dealkylation sites (tertiary alicyclic amines) is 1. The van der Waals surface area contributed by atoms with Crippen LogP contribution in [0, 0.1) is 11.8 Å². The molecule has 3 aliphatic heterocycles. The van der Waals surface area contributed by atoms with Crippen LogP contribution in [0.2, 0.25) is 0 Å². The highest BCUT2D eigenvalue weighted by Gasteiger charge is 2.38. The quantitative estimate of drug-likeness (QED) is 0.827. The van der Waals surface area contributed by atoms with Crippen molar-refractivity contribution in [2.75, 3.05) is 37.7 Å². The minimum atomic E-state index is 0.179. The Bertz CT molecular complexity index is 588. The minimum Gasteiger partial charge on any atom is -0.500 e. The summed E-state index contributed by atoms with van der Waals surface area (Å²) in [6, 6.07) is 1.85. The van der Waals surface area contributed by atoms with E-state index in [1.165, 1.54) is 0 Å². The lowest BCUT2D eigenvalue weighted by molar-refractivity contribution is -0.126. The molecular weight excluding hydrogens is 292 g/mol. The van der Waals surface area contributed by atoms with Crippen molar-refractivity contribution in [2.45, 2.75) is 19.3 Å². The van der Waals surface area contributed by atoms with E-state index < -0.39 is 0 Å². The Kier molecular flexibility index (Phi) is 3.89. The fourth-order valence-corrected chi connectivity index (χ4v) is 3.92. The monoisotopic (exact) mass is 314 g/mol. The van der Waals surface area contributed by atoms with Crippen LogP contribution in [0.4, 0.5) is 5.95 Å². The molecule has 1 aromatic rings. The maximum Gasteiger partial charge on any atom is 0.253 e. The van der Waals surface area contributed by atoms with Gasteiger partial charge in [0.05, 0.1) is 18.4 Å². The van der Waals surface area contributed by atoms with Crippen LogP contribution >= 0.6 is 0 Å². The molecule has 2 saturated heterocycles. The molecule has 0 radical (unpaired) electrons. The zero-order valence-corrected chi connectivity index (χ0v) is 13.2. The number of anilines is 1. The van der Waals surface area contributed by atoms with Gasteiger partial charge in [-0.25, -0.2) is 9.97 Å². The third-order valence-electron chi connectivity index (χ3n) is 5.23. The maximum atomic E-state index is 12.5. The van der Waals surface area contributed by atoms with Crippen LogP contribution in [0.1, 0.15) is 19.3 Å². The van der Waals surface area contributed by atoms with Crippen LogP contribution in [0.25, 0.3) is 0 Å². The van der Waals surface area contributed by atoms with Gasteiger partial charge >= 0.3 is 0 Å². The molecule has 3 aliphatic rings. The van der Waals surface area contributed by atoms with Crippen LogP contribution in [0.5, 0.6) is 0 Å². The number of ether oxygens (including phenoxy) is 1. The van der Waals surface area contributed by atoms with Crippen molar-refractivity contribution < 1.29 is 9.53 Å². The number of carbonyl (C=O) groups is 1. The normalized spacial score (nSPS) is 27.2. The van der Waals surface area contributed by atoms with E-state index in [2.05, 4.69) is 14.9 Å². The molecule has 23 heavy (non-hydrogen) atoms. The van der Waals surface area contributed by atoms with Gasteiger partial charge in [-0.1, -0.05) is 0 Å². The van der Waals surface area contributed by atoms with Gasteiger partial charge in [0.2, 0.25) is 5.95 Å². The highest BCUT2D eigenvalue weighted by Crippen LogP contribution is 2.33. The first-order valence-corrected chi connectivity index (χ1v) is 8.43. The average Bonchev–Trinajstić information content (AvgIpc) is 3.22. The lowest BCUT2D eigenvalue weighted by atomic mass is 9.92. The van der Waals surface area contributed by atoms with Crippen molar-refractivity contribution in [3.05, 3.63) is 30.3 Å². The summed E-state index contributed by atoms with van der Waals surface area (Å²) in [5.74, 6) is 2.19. The van der Waals surface area contributed by atoms with Crippen LogP contribution < -0.4 is 4.90 Å². The summed E-state index contributed by atoms with van der Waals surface area (Å²) in [6.07, 6.45) is 8.19. The SMILES string of the molecule is O=C(C1=COCC1)N1C[C@H]2CCN(c3ncccn3)CC[C@H]2C1. The highest BCUT2D eigenvalue weighted by molar-refractivity contribution is 5.93. The second-order valence-corrected chi connectivity index (χ2v) is 6.61. The summed E-state index contributed by atoms with van der Waals surface area (Å²) in [4.78, 5) is 25.5. The molecule has 0 aromatic carbocycles. The molecule has 2 atom stereocenters. The molecule has 4 rings (SSSR count). The van der Waals surface area contributed by atoms with E-state index in [1.54, 1.807) is 18.7 Å². The molecule has 122 valence electrons. The molecular formula is C17H22N4O2. The van der Waals surface area contributed by atoms with Gasteiger partial charge in [-0.2, -0.15) is 0 Å². The summed E-state index contributed by atoms with van der Waals surface area (Å²) >= 11 is 0. The third-order valence-corrected chi connectivity index (χ3v) is 5.23. The summed E-state index contributed by atoms with van der Waals surface area (Å²) < 4.78 is 5.21. The molecule has 6 heteroatoms. The zero-order chi connectivity index (χ0) is 15.6. The number of hydrogen-bond donors (Lipinski definition) is 0. The van der Waals surface area contributed by atoms with Gasteiger partial charge in [0, 0.05) is 45.0 Å². The van der Waals surface area contributed by atoms with E-state index in [0.29, 0.717) is 18.4 Å². The number of aromatic nitrogens is 2. The van der Waals surface area contributed by atoms with Gasteiger partial charge in [-0.15, -0.1) is 0 Å². The molecule has 0 saturated carbocycles. The average molecular weight is 314 g/mol. The lowest BCUT2D eigenvalue weighted by Gasteiger charge is -2.22. The smallest absolute Gasteiger partial charge is 0.253 e. The van der Waals surface area contributed by atoms with Gasteiger partial charge in [0.15, 0.2) is 0 Å². The molecule has 0 aliphatic carbocycles. The number of carbonyl (C=O) groups excluding carboxylic acids is 1. The fraction of sp³-hybridized carbons (Fsp3) is 0.588. The van der Waals surface area contributed by atoms with E-state index >= 15 is 0 Å². The summed E-state index contributed by atoms with van der Waals surface area (Å²) in [5.41, 5.74) is 0.834. The highest BCUT2D eigenvalue weighted by atomic mass is 16.5. The van der Waals surface area contributed by atoms with Gasteiger partial charge in [-0.3, -0.25) is 4.79 Å². The van der Waals surface area contributed by atoms with Crippen molar-refractivity contribution in [1.29, 1.82) is 0 Å². The van der Waals surface area contributed by atoms with Crippen LogP contribution in [-0.4, -0.2) is 53.6 Å². The molecule has 0 unspecified atom stereocenters. The predicted octanol–water partition coefficient (Wildman–Crippen LogP) is 1.46. The maximum absolute atomic E-state index is 12.5. The zero-order valence-electron chi connectivity index (χ0n) is 13.2. The molecule has 0 N–H and O–H groups in total. The van der Waals surface area contributed by atoms with Gasteiger partial charge < -0.3 is 14.5 Å². The van der Waals surface area contributed by atoms with Gasteiger partial charge in [0.25, 0.3) is 5.91 Å². The number of fused-ring (bicyclic) bond motifs is 1. The van der Waals surface area contributed by atoms with Crippen molar-refractivity contribution in [3.63, 3.8) is 0 Å². The molecule has 1 amide bonds. The minimum absolute atomic E-state index is 0.179. The standard InChI is InChI=1S/C17H22N4O2/c22-16(15-4-9-23-12-15)21-10-13-2-7-20(8-3-14(13)11-21)17-18-5-1-6-19-17/h1,5-6,12-14H,2-4,7-11H2/t13-,14+. The largest absolute Gasteiger partial charge is 0.500 e. The molecule has 0 bridgehead atoms. The van der Waals surface area contributed by atoms with Crippen molar-refractivity contribution >= 4 is 11.9 Å². The van der Waals surface area contributed by atoms with E-state index in [1.807, 2.05) is 11.0 Å². The Morgan fingerprint density at radius 3 is 2.43 bits per heavy atom. The van der Waals surface area contributed by atoms with E-state index in [0.717, 1.165) is 57.0 Å². The van der Waals surface area contributed by atoms with Crippen LogP contribution in [0.3, 0.4) is 0 Å². The van der Waals surface area contributed by atoms with Crippen molar-refractivity contribution in [1.82, 2.24) is 14.9 Å². The molecule has 0 spiro atoms. The first-order valence-electron chi connectivity index (χ1n) is 8.43. The molecule has 4 heterocycles. The molecule has 6 nitrogen and oxygen atoms in total. The number of rotatable bonds is 2. The molecule has 2 fully saturated rings. The Hall–Kier alpha value is -2.11. The summed E-state index contributed by atoms with van der Waals surface area (Å²) in [7, 11) is 0. The number of amides is 1. The third kappa shape index (κ3) is 2.90. The van der Waals surface area contributed by atoms with Crippen molar-refractivity contribution in [2.24, 2.45) is 11.8 Å². The van der Waals surface area contributed by atoms with Gasteiger partial charge in [0.1, 0.15) is 0 Å². The van der Waals surface area contributed by atoms with Crippen molar-refractivity contribution in [3.8, 4) is 0 Å². The Morgan fingerprint density at radius 1 is 1.13 bits per heavy atom. The van der Waals surface area contributed by atoms with E-state index in [-0.39, 0.29) is 5.91 Å². The van der Waals surface area contributed by atoms with Crippen LogP contribution in [-0.2, 0) is 9.53 Å². The summed E-state index contributed by atoms with van der Waals surface area (Å²) in [5, 5.41) is 0. The van der Waals surface area contributed by atoms with Gasteiger partial charge in [-0.05, 0) is 30.7 Å². The Morgan fingerprint density at radius 2 is 1.83 bits per heavy atom. The first-order chi connectivity index (χ1) is 11.3.